The van der Waals surface area contributed by atoms with Crippen molar-refractivity contribution in [1.82, 2.24) is 0 Å². The van der Waals surface area contributed by atoms with Gasteiger partial charge in [0.15, 0.2) is 0 Å². The van der Waals surface area contributed by atoms with Gasteiger partial charge >= 0.3 is 11.9 Å². The number of benzene rings is 8. The van der Waals surface area contributed by atoms with Gasteiger partial charge in [-0.15, -0.1) is 0 Å². The van der Waals surface area contributed by atoms with E-state index < -0.39 is 17.4 Å². The Hall–Kier alpha value is -7.18. The highest BCUT2D eigenvalue weighted by Crippen LogP contribution is 2.58. The molecule has 6 heteroatoms. The maximum Gasteiger partial charge on any atom is 0.335 e. The Morgan fingerprint density at radius 1 is 0.400 bits per heavy atom. The van der Waals surface area contributed by atoms with Crippen LogP contribution in [0.5, 0.6) is 11.5 Å². The van der Waals surface area contributed by atoms with Crippen LogP contribution in [0.15, 0.2) is 170 Å². The van der Waals surface area contributed by atoms with Crippen LogP contribution in [0.25, 0.3) is 32.7 Å². The molecule has 0 aliphatic heterocycles. The minimum absolute atomic E-state index is 0.236. The van der Waals surface area contributed by atoms with Gasteiger partial charge in [-0.2, -0.15) is 0 Å². The average Bonchev–Trinajstić information content (AvgIpc) is 3.52. The second kappa shape index (κ2) is 13.7. The molecule has 0 unspecified atom stereocenters. The molecule has 2 N–H and O–H groups in total. The van der Waals surface area contributed by atoms with E-state index in [0.29, 0.717) is 0 Å². The van der Waals surface area contributed by atoms with E-state index in [4.69, 9.17) is 9.47 Å². The van der Waals surface area contributed by atoms with Crippen molar-refractivity contribution in [2.45, 2.75) is 18.6 Å². The largest absolute Gasteiger partial charge is 0.488 e. The number of ether oxygens (including phenoxy) is 2. The predicted octanol–water partition coefficient (Wildman–Crippen LogP) is 10.9. The van der Waals surface area contributed by atoms with Crippen molar-refractivity contribution in [3.63, 3.8) is 0 Å². The van der Waals surface area contributed by atoms with Crippen LogP contribution < -0.4 is 9.47 Å². The number of carbonyl (C=O) groups is 2. The highest BCUT2D eigenvalue weighted by atomic mass is 16.5. The van der Waals surface area contributed by atoms with Gasteiger partial charge in [0.1, 0.15) is 24.7 Å². The lowest BCUT2D eigenvalue weighted by Crippen LogP contribution is -2.29. The fourth-order valence-electron chi connectivity index (χ4n) is 8.24. The Morgan fingerprint density at radius 3 is 1.18 bits per heavy atom. The first kappa shape index (κ1) is 33.6. The summed E-state index contributed by atoms with van der Waals surface area (Å²) >= 11 is 0. The SMILES string of the molecule is O=C(O)c1ccc(COc2cccc3c(C4(c5cccc6c(OCc7ccc(C(=O)O)cc7)cccc56)c5ccccc5-c5ccccc54)cccc23)cc1. The van der Waals surface area contributed by atoms with E-state index in [2.05, 4.69) is 97.1 Å². The number of fused-ring (bicyclic) bond motifs is 5. The maximum atomic E-state index is 11.4. The Bertz CT molecular complexity index is 2570. The van der Waals surface area contributed by atoms with Gasteiger partial charge in [0.05, 0.1) is 16.5 Å². The summed E-state index contributed by atoms with van der Waals surface area (Å²) in [6.45, 7) is 0.575. The van der Waals surface area contributed by atoms with Crippen LogP contribution in [0.3, 0.4) is 0 Å². The fourth-order valence-corrected chi connectivity index (χ4v) is 8.24. The second-order valence-electron chi connectivity index (χ2n) is 13.7. The smallest absolute Gasteiger partial charge is 0.335 e. The van der Waals surface area contributed by atoms with E-state index in [1.165, 1.54) is 22.3 Å². The molecule has 0 heterocycles. The summed E-state index contributed by atoms with van der Waals surface area (Å²) in [6.07, 6.45) is 0. The molecule has 8 aromatic carbocycles. The minimum atomic E-state index is -0.960. The van der Waals surface area contributed by atoms with Gasteiger partial charge in [0, 0.05) is 10.8 Å². The van der Waals surface area contributed by atoms with E-state index >= 15 is 0 Å². The summed E-state index contributed by atoms with van der Waals surface area (Å²) in [5, 5.41) is 22.8. The lowest BCUT2D eigenvalue weighted by Gasteiger charge is -2.36. The van der Waals surface area contributed by atoms with E-state index in [1.807, 2.05) is 24.3 Å². The van der Waals surface area contributed by atoms with Gasteiger partial charge in [-0.1, -0.05) is 133 Å². The molecule has 0 radical (unpaired) electrons. The van der Waals surface area contributed by atoms with Crippen LogP contribution in [0.1, 0.15) is 54.1 Å². The van der Waals surface area contributed by atoms with Gasteiger partial charge in [0.25, 0.3) is 0 Å². The second-order valence-corrected chi connectivity index (χ2v) is 13.7. The van der Waals surface area contributed by atoms with E-state index in [0.717, 1.165) is 55.3 Å². The fraction of sp³-hybridized carbons (Fsp3) is 0.0612. The van der Waals surface area contributed by atoms with Crippen LogP contribution in [-0.2, 0) is 18.6 Å². The molecule has 8 aromatic rings. The van der Waals surface area contributed by atoms with Crippen molar-refractivity contribution >= 4 is 33.5 Å². The monoisotopic (exact) mass is 718 g/mol. The first-order valence-corrected chi connectivity index (χ1v) is 18.1. The maximum absolute atomic E-state index is 11.4. The van der Waals surface area contributed by atoms with Crippen LogP contribution in [0.4, 0.5) is 0 Å². The third-order valence-electron chi connectivity index (χ3n) is 10.7. The van der Waals surface area contributed by atoms with Crippen molar-refractivity contribution in [3.8, 4) is 22.6 Å². The van der Waals surface area contributed by atoms with Crippen LogP contribution >= 0.6 is 0 Å². The number of carboxylic acid groups (broad SMARTS) is 2. The molecule has 0 amide bonds. The standard InChI is InChI=1S/C49H34O6/c50-47(51)33-25-21-31(22-26-33)29-54-45-19-7-11-37-39(45)13-5-17-43(37)49(41-15-3-1-9-35(41)36-10-2-4-16-42(36)49)44-18-6-14-40-38(44)12-8-20-46(40)55-30-32-23-27-34(28-24-32)48(52)53/h1-28H,29-30H2,(H,50,51)(H,52,53). The van der Waals surface area contributed by atoms with E-state index in [9.17, 15) is 19.8 Å². The van der Waals surface area contributed by atoms with Gasteiger partial charge < -0.3 is 19.7 Å². The Balaban J connectivity index is 1.21. The van der Waals surface area contributed by atoms with E-state index in [-0.39, 0.29) is 24.3 Å². The average molecular weight is 719 g/mol. The molecule has 55 heavy (non-hydrogen) atoms. The van der Waals surface area contributed by atoms with Crippen molar-refractivity contribution in [3.05, 3.63) is 214 Å². The molecule has 0 bridgehead atoms. The summed E-state index contributed by atoms with van der Waals surface area (Å²) in [5.74, 6) is -0.446. The Labute approximate surface area is 317 Å². The molecule has 6 nitrogen and oxygen atoms in total. The molecule has 0 saturated heterocycles. The van der Waals surface area contributed by atoms with Crippen molar-refractivity contribution in [1.29, 1.82) is 0 Å². The summed E-state index contributed by atoms with van der Waals surface area (Å²) in [4.78, 5) is 22.8. The highest BCUT2D eigenvalue weighted by molar-refractivity contribution is 6.01. The molecule has 1 aliphatic carbocycles. The highest BCUT2D eigenvalue weighted by Gasteiger charge is 2.47. The van der Waals surface area contributed by atoms with Crippen molar-refractivity contribution < 1.29 is 29.3 Å². The Kier molecular flexibility index (Phi) is 8.36. The number of carboxylic acids is 2. The van der Waals surface area contributed by atoms with Crippen molar-refractivity contribution in [2.75, 3.05) is 0 Å². The molecule has 1 aliphatic rings. The Morgan fingerprint density at radius 2 is 0.764 bits per heavy atom. The molecule has 0 atom stereocenters. The van der Waals surface area contributed by atoms with Crippen LogP contribution in [-0.4, -0.2) is 22.2 Å². The topological polar surface area (TPSA) is 93.1 Å². The van der Waals surface area contributed by atoms with Gasteiger partial charge in [-0.25, -0.2) is 9.59 Å². The number of rotatable bonds is 10. The molecular weight excluding hydrogens is 685 g/mol. The number of hydrogen-bond donors (Lipinski definition) is 2. The summed E-state index contributed by atoms with van der Waals surface area (Å²) in [5.41, 5.74) is 8.48. The van der Waals surface area contributed by atoms with Gasteiger partial charge in [0.2, 0.25) is 0 Å². The first-order chi connectivity index (χ1) is 26.9. The normalized spacial score (nSPS) is 12.6. The van der Waals surface area contributed by atoms with Crippen LogP contribution in [0, 0.1) is 0 Å². The summed E-state index contributed by atoms with van der Waals surface area (Å²) < 4.78 is 13.0. The molecule has 0 aromatic heterocycles. The summed E-state index contributed by atoms with van der Waals surface area (Å²) in [6, 6.07) is 56.1. The third-order valence-corrected chi connectivity index (χ3v) is 10.7. The molecule has 0 saturated carbocycles. The molecular formula is C49H34O6. The lowest BCUT2D eigenvalue weighted by atomic mass is 9.65. The third kappa shape index (κ3) is 5.67. The zero-order valence-corrected chi connectivity index (χ0v) is 29.6. The zero-order valence-electron chi connectivity index (χ0n) is 29.6. The minimum Gasteiger partial charge on any atom is -0.488 e. The predicted molar refractivity (Wildman–Crippen MR) is 214 cm³/mol. The molecule has 9 rings (SSSR count). The van der Waals surface area contributed by atoms with Gasteiger partial charge in [-0.3, -0.25) is 0 Å². The van der Waals surface area contributed by atoms with Gasteiger partial charge in [-0.05, 0) is 91.7 Å². The summed E-state index contributed by atoms with van der Waals surface area (Å²) in [7, 11) is 0. The molecule has 0 spiro atoms. The molecule has 266 valence electrons. The van der Waals surface area contributed by atoms with E-state index in [1.54, 1.807) is 48.5 Å². The van der Waals surface area contributed by atoms with Crippen molar-refractivity contribution in [2.24, 2.45) is 0 Å². The molecule has 0 fully saturated rings. The lowest BCUT2D eigenvalue weighted by molar-refractivity contribution is 0.0686. The zero-order chi connectivity index (χ0) is 37.5. The van der Waals surface area contributed by atoms with Crippen LogP contribution in [0.2, 0.25) is 0 Å². The quantitative estimate of drug-likeness (QED) is 0.146. The first-order valence-electron chi connectivity index (χ1n) is 18.1. The number of aromatic carboxylic acids is 2. The number of hydrogen-bond acceptors (Lipinski definition) is 4.